The number of benzene rings is 2. The molecule has 0 amide bonds. The summed E-state index contributed by atoms with van der Waals surface area (Å²) in [6.45, 7) is 0. The van der Waals surface area contributed by atoms with Crippen LogP contribution < -0.4 is 5.32 Å². The molecule has 0 radical (unpaired) electrons. The fourth-order valence-electron chi connectivity index (χ4n) is 3.35. The molecule has 1 heterocycles. The molecule has 1 nitrogen and oxygen atoms in total. The van der Waals surface area contributed by atoms with E-state index in [9.17, 15) is 0 Å². The fourth-order valence-corrected chi connectivity index (χ4v) is 5.20. The zero-order chi connectivity index (χ0) is 15.1. The predicted molar refractivity (Wildman–Crippen MR) is 99.7 cm³/mol. The molecule has 22 heavy (non-hydrogen) atoms. The summed E-state index contributed by atoms with van der Waals surface area (Å²) in [6, 6.07) is 19.3. The van der Waals surface area contributed by atoms with Gasteiger partial charge in [-0.15, -0.1) is 24.0 Å². The summed E-state index contributed by atoms with van der Waals surface area (Å²) >= 11 is 6.79. The van der Waals surface area contributed by atoms with Crippen LogP contribution in [0, 0.1) is 0 Å². The standard InChI is InChI=1S/C19H17NS2/c1-20-18-14(12-7-3-2-4-8-12)11-16-17(19(18)21)13-9-5-6-10-15(13)22-16/h2-10,14,20-21H,11H2,1H3. The number of rotatable bonds is 2. The van der Waals surface area contributed by atoms with Crippen LogP contribution in [-0.4, -0.2) is 7.05 Å². The molecule has 0 fully saturated rings. The lowest BCUT2D eigenvalue weighted by Gasteiger charge is -2.27. The maximum Gasteiger partial charge on any atom is 0.0352 e. The maximum absolute atomic E-state index is 4.89. The van der Waals surface area contributed by atoms with Crippen molar-refractivity contribution in [3.8, 4) is 0 Å². The smallest absolute Gasteiger partial charge is 0.0352 e. The Morgan fingerprint density at radius 1 is 1.05 bits per heavy atom. The third kappa shape index (κ3) is 2.08. The van der Waals surface area contributed by atoms with Gasteiger partial charge < -0.3 is 5.32 Å². The molecule has 110 valence electrons. The summed E-state index contributed by atoms with van der Waals surface area (Å²) in [5.74, 6) is 0.360. The molecule has 1 unspecified atom stereocenters. The van der Waals surface area contributed by atoms with Crippen molar-refractivity contribution in [3.05, 3.63) is 76.3 Å². The molecule has 0 saturated heterocycles. The first-order valence-electron chi connectivity index (χ1n) is 7.46. The van der Waals surface area contributed by atoms with Crippen LogP contribution in [0.15, 0.2) is 60.3 Å². The van der Waals surface area contributed by atoms with Crippen LogP contribution in [0.5, 0.6) is 0 Å². The first-order valence-corrected chi connectivity index (χ1v) is 8.72. The zero-order valence-corrected chi connectivity index (χ0v) is 14.0. The molecule has 3 heteroatoms. The van der Waals surface area contributed by atoms with Crippen LogP contribution in [0.4, 0.5) is 0 Å². The van der Waals surface area contributed by atoms with Crippen molar-refractivity contribution in [2.45, 2.75) is 12.3 Å². The van der Waals surface area contributed by atoms with Crippen molar-refractivity contribution in [2.75, 3.05) is 7.05 Å². The molecule has 1 aliphatic rings. The number of fused-ring (bicyclic) bond motifs is 3. The number of hydrogen-bond donors (Lipinski definition) is 2. The van der Waals surface area contributed by atoms with Gasteiger partial charge in [0.15, 0.2) is 0 Å². The Bertz CT molecular complexity index is 862. The van der Waals surface area contributed by atoms with Crippen molar-refractivity contribution in [3.63, 3.8) is 0 Å². The van der Waals surface area contributed by atoms with Crippen LogP contribution >= 0.6 is 24.0 Å². The minimum absolute atomic E-state index is 0.360. The highest BCUT2D eigenvalue weighted by molar-refractivity contribution is 7.90. The summed E-state index contributed by atoms with van der Waals surface area (Å²) in [7, 11) is 2.00. The zero-order valence-electron chi connectivity index (χ0n) is 12.3. The molecule has 0 saturated carbocycles. The molecule has 1 aromatic heterocycles. The van der Waals surface area contributed by atoms with Crippen molar-refractivity contribution in [1.29, 1.82) is 0 Å². The Morgan fingerprint density at radius 2 is 1.77 bits per heavy atom. The van der Waals surface area contributed by atoms with E-state index in [1.807, 2.05) is 18.4 Å². The molecular weight excluding hydrogens is 306 g/mol. The molecule has 4 rings (SSSR count). The van der Waals surface area contributed by atoms with Gasteiger partial charge in [-0.2, -0.15) is 0 Å². The van der Waals surface area contributed by atoms with Gasteiger partial charge in [-0.25, -0.2) is 0 Å². The van der Waals surface area contributed by atoms with Gasteiger partial charge >= 0.3 is 0 Å². The molecule has 0 aliphatic heterocycles. The second kappa shape index (κ2) is 5.49. The van der Waals surface area contributed by atoms with Crippen molar-refractivity contribution in [2.24, 2.45) is 0 Å². The SMILES string of the molecule is CNC1=C(S)c2c(sc3ccccc23)CC1c1ccccc1. The van der Waals surface area contributed by atoms with Gasteiger partial charge in [0, 0.05) is 44.1 Å². The molecule has 1 N–H and O–H groups in total. The predicted octanol–water partition coefficient (Wildman–Crippen LogP) is 5.06. The second-order valence-electron chi connectivity index (χ2n) is 5.58. The molecule has 0 bridgehead atoms. The van der Waals surface area contributed by atoms with Gasteiger partial charge in [-0.05, 0) is 18.1 Å². The van der Waals surface area contributed by atoms with Gasteiger partial charge in [-0.3, -0.25) is 0 Å². The lowest BCUT2D eigenvalue weighted by molar-refractivity contribution is 0.724. The highest BCUT2D eigenvalue weighted by atomic mass is 32.1. The second-order valence-corrected chi connectivity index (χ2v) is 7.16. The lowest BCUT2D eigenvalue weighted by Crippen LogP contribution is -2.21. The Kier molecular flexibility index (Phi) is 3.47. The normalized spacial score (nSPS) is 17.6. The quantitative estimate of drug-likeness (QED) is 0.628. The maximum atomic E-state index is 4.89. The van der Waals surface area contributed by atoms with E-state index in [0.717, 1.165) is 11.3 Å². The van der Waals surface area contributed by atoms with E-state index in [4.69, 9.17) is 12.6 Å². The summed E-state index contributed by atoms with van der Waals surface area (Å²) in [4.78, 5) is 2.54. The number of likely N-dealkylation sites (N-methyl/N-ethyl adjacent to an activating group) is 1. The van der Waals surface area contributed by atoms with E-state index in [0.29, 0.717) is 5.92 Å². The van der Waals surface area contributed by atoms with E-state index in [1.165, 1.54) is 31.8 Å². The van der Waals surface area contributed by atoms with Crippen LogP contribution in [0.25, 0.3) is 15.0 Å². The van der Waals surface area contributed by atoms with Crippen LogP contribution in [-0.2, 0) is 6.42 Å². The van der Waals surface area contributed by atoms with Crippen molar-refractivity contribution < 1.29 is 0 Å². The highest BCUT2D eigenvalue weighted by Crippen LogP contribution is 2.47. The first-order chi connectivity index (χ1) is 10.8. The van der Waals surface area contributed by atoms with E-state index < -0.39 is 0 Å². The summed E-state index contributed by atoms with van der Waals surface area (Å²) in [5, 5.41) is 4.73. The average Bonchev–Trinajstić information content (AvgIpc) is 2.94. The number of hydrogen-bond acceptors (Lipinski definition) is 3. The average molecular weight is 323 g/mol. The lowest BCUT2D eigenvalue weighted by atomic mass is 9.85. The van der Waals surface area contributed by atoms with E-state index in [2.05, 4.69) is 59.9 Å². The van der Waals surface area contributed by atoms with Gasteiger partial charge in [0.05, 0.1) is 0 Å². The van der Waals surface area contributed by atoms with Gasteiger partial charge in [0.2, 0.25) is 0 Å². The third-order valence-corrected chi connectivity index (χ3v) is 6.03. The summed E-state index contributed by atoms with van der Waals surface area (Å²) < 4.78 is 1.35. The topological polar surface area (TPSA) is 12.0 Å². The van der Waals surface area contributed by atoms with Gasteiger partial charge in [-0.1, -0.05) is 48.5 Å². The molecular formula is C19H17NS2. The Hall–Kier alpha value is -1.71. The Labute approximate surface area is 140 Å². The minimum Gasteiger partial charge on any atom is -0.390 e. The van der Waals surface area contributed by atoms with Gasteiger partial charge in [0.25, 0.3) is 0 Å². The monoisotopic (exact) mass is 323 g/mol. The van der Waals surface area contributed by atoms with Crippen LogP contribution in [0.1, 0.15) is 21.9 Å². The molecule has 1 aliphatic carbocycles. The van der Waals surface area contributed by atoms with Crippen molar-refractivity contribution >= 4 is 39.0 Å². The largest absolute Gasteiger partial charge is 0.390 e. The fraction of sp³-hybridized carbons (Fsp3) is 0.158. The number of thiol groups is 1. The molecule has 1 atom stereocenters. The van der Waals surface area contributed by atoms with Crippen LogP contribution in [0.2, 0.25) is 0 Å². The van der Waals surface area contributed by atoms with E-state index in [-0.39, 0.29) is 0 Å². The first kappa shape index (κ1) is 13.9. The van der Waals surface area contributed by atoms with E-state index >= 15 is 0 Å². The number of allylic oxidation sites excluding steroid dienone is 1. The Balaban J connectivity index is 1.93. The van der Waals surface area contributed by atoms with Gasteiger partial charge in [0.1, 0.15) is 0 Å². The van der Waals surface area contributed by atoms with Crippen LogP contribution in [0.3, 0.4) is 0 Å². The summed E-state index contributed by atoms with van der Waals surface area (Å²) in [6.07, 6.45) is 1.04. The van der Waals surface area contributed by atoms with Crippen molar-refractivity contribution in [1.82, 2.24) is 5.32 Å². The molecule has 0 spiro atoms. The highest BCUT2D eigenvalue weighted by Gasteiger charge is 2.29. The summed E-state index contributed by atoms with van der Waals surface area (Å²) in [5.41, 5.74) is 3.90. The Morgan fingerprint density at radius 3 is 2.55 bits per heavy atom. The number of thiophene rings is 1. The minimum atomic E-state index is 0.360. The molecule has 2 aromatic carbocycles. The molecule has 3 aromatic rings. The third-order valence-electron chi connectivity index (χ3n) is 4.37. The number of nitrogens with one attached hydrogen (secondary N) is 1. The van der Waals surface area contributed by atoms with E-state index in [1.54, 1.807) is 0 Å².